The van der Waals surface area contributed by atoms with E-state index in [9.17, 15) is 14.0 Å². The fourth-order valence-corrected chi connectivity index (χ4v) is 3.05. The van der Waals surface area contributed by atoms with Crippen molar-refractivity contribution in [1.82, 2.24) is 10.3 Å². The van der Waals surface area contributed by atoms with E-state index >= 15 is 0 Å². The normalized spacial score (nSPS) is 11.5. The first-order valence-corrected chi connectivity index (χ1v) is 9.30. The highest BCUT2D eigenvalue weighted by Crippen LogP contribution is 2.21. The second-order valence-electron chi connectivity index (χ2n) is 6.13. The van der Waals surface area contributed by atoms with E-state index in [0.717, 1.165) is 16.1 Å². The van der Waals surface area contributed by atoms with Crippen molar-refractivity contribution in [3.8, 4) is 0 Å². The molecule has 28 heavy (non-hydrogen) atoms. The molecule has 0 spiro atoms. The predicted octanol–water partition coefficient (Wildman–Crippen LogP) is 4.73. The van der Waals surface area contributed by atoms with E-state index in [1.165, 1.54) is 12.1 Å². The molecule has 1 aromatic heterocycles. The van der Waals surface area contributed by atoms with Crippen molar-refractivity contribution < 1.29 is 14.0 Å². The highest BCUT2D eigenvalue weighted by atomic mass is 79.9. The zero-order chi connectivity index (χ0) is 20.1. The summed E-state index contributed by atoms with van der Waals surface area (Å²) in [5.74, 6) is -1.42. The molecule has 0 aliphatic rings. The van der Waals surface area contributed by atoms with Gasteiger partial charge in [-0.3, -0.25) is 14.6 Å². The number of aromatic nitrogens is 1. The number of nitrogens with zero attached hydrogens (tertiary/aromatic N) is 1. The van der Waals surface area contributed by atoms with Crippen molar-refractivity contribution in [1.29, 1.82) is 0 Å². The van der Waals surface area contributed by atoms with Gasteiger partial charge in [0.2, 0.25) is 0 Å². The van der Waals surface area contributed by atoms with Gasteiger partial charge in [0.15, 0.2) is 0 Å². The number of amides is 2. The monoisotopic (exact) mass is 441 g/mol. The van der Waals surface area contributed by atoms with E-state index in [-0.39, 0.29) is 17.3 Å². The summed E-state index contributed by atoms with van der Waals surface area (Å²) in [6.07, 6.45) is 3.28. The van der Waals surface area contributed by atoms with Crippen LogP contribution in [0.15, 0.2) is 71.5 Å². The Bertz CT molecular complexity index is 1010. The number of hydrogen-bond donors (Lipinski definition) is 2. The Morgan fingerprint density at radius 1 is 1.04 bits per heavy atom. The molecule has 2 N–H and O–H groups in total. The van der Waals surface area contributed by atoms with Gasteiger partial charge in [0, 0.05) is 22.4 Å². The molecule has 1 atom stereocenters. The van der Waals surface area contributed by atoms with Crippen LogP contribution in [0, 0.1) is 5.82 Å². The maximum Gasteiger partial charge on any atom is 0.255 e. The molecule has 1 heterocycles. The van der Waals surface area contributed by atoms with Crippen LogP contribution < -0.4 is 10.6 Å². The fourth-order valence-electron chi connectivity index (χ4n) is 2.65. The molecule has 0 bridgehead atoms. The Morgan fingerprint density at radius 2 is 1.79 bits per heavy atom. The summed E-state index contributed by atoms with van der Waals surface area (Å²) in [6.45, 7) is 1.83. The minimum absolute atomic E-state index is 0.101. The lowest BCUT2D eigenvalue weighted by atomic mass is 10.1. The average molecular weight is 442 g/mol. The van der Waals surface area contributed by atoms with Crippen molar-refractivity contribution in [3.63, 3.8) is 0 Å². The van der Waals surface area contributed by atoms with E-state index in [2.05, 4.69) is 31.5 Å². The van der Waals surface area contributed by atoms with Gasteiger partial charge >= 0.3 is 0 Å². The molecule has 0 saturated heterocycles. The number of carbonyl (C=O) groups excluding carboxylic acids is 2. The number of hydrogen-bond acceptors (Lipinski definition) is 3. The maximum absolute atomic E-state index is 13.8. The SMILES string of the molecule is CC(NC(=O)c1ccc(F)cc1NC(=O)c1cccc(Br)c1)c1ccncc1. The van der Waals surface area contributed by atoms with Gasteiger partial charge in [-0.2, -0.15) is 0 Å². The first-order valence-electron chi connectivity index (χ1n) is 8.51. The third-order valence-corrected chi connectivity index (χ3v) is 4.61. The van der Waals surface area contributed by atoms with Crippen molar-refractivity contribution in [2.24, 2.45) is 0 Å². The predicted molar refractivity (Wildman–Crippen MR) is 109 cm³/mol. The molecule has 5 nitrogen and oxygen atoms in total. The summed E-state index contributed by atoms with van der Waals surface area (Å²) in [5, 5.41) is 5.46. The molecular weight excluding hydrogens is 425 g/mol. The first-order chi connectivity index (χ1) is 13.4. The largest absolute Gasteiger partial charge is 0.345 e. The van der Waals surface area contributed by atoms with E-state index in [4.69, 9.17) is 0 Å². The fraction of sp³-hybridized carbons (Fsp3) is 0.0952. The second kappa shape index (κ2) is 8.75. The lowest BCUT2D eigenvalue weighted by molar-refractivity contribution is 0.0940. The van der Waals surface area contributed by atoms with Gasteiger partial charge in [0.1, 0.15) is 5.82 Å². The molecule has 142 valence electrons. The molecule has 3 aromatic rings. The topological polar surface area (TPSA) is 71.1 Å². The zero-order valence-electron chi connectivity index (χ0n) is 14.9. The van der Waals surface area contributed by atoms with Gasteiger partial charge < -0.3 is 10.6 Å². The van der Waals surface area contributed by atoms with Gasteiger partial charge in [-0.15, -0.1) is 0 Å². The Hall–Kier alpha value is -3.06. The molecule has 7 heteroatoms. The highest BCUT2D eigenvalue weighted by molar-refractivity contribution is 9.10. The van der Waals surface area contributed by atoms with Crippen LogP contribution in [0.3, 0.4) is 0 Å². The Balaban J connectivity index is 1.82. The third-order valence-electron chi connectivity index (χ3n) is 4.11. The Morgan fingerprint density at radius 3 is 2.50 bits per heavy atom. The minimum atomic E-state index is -0.553. The van der Waals surface area contributed by atoms with Gasteiger partial charge in [-0.25, -0.2) is 4.39 Å². The quantitative estimate of drug-likeness (QED) is 0.601. The van der Waals surface area contributed by atoms with Crippen LogP contribution >= 0.6 is 15.9 Å². The molecule has 3 rings (SSSR count). The molecule has 2 aromatic carbocycles. The van der Waals surface area contributed by atoms with Crippen molar-refractivity contribution in [2.75, 3.05) is 5.32 Å². The average Bonchev–Trinajstić information content (AvgIpc) is 2.68. The molecule has 1 unspecified atom stereocenters. The van der Waals surface area contributed by atoms with Crippen LogP contribution in [-0.4, -0.2) is 16.8 Å². The van der Waals surface area contributed by atoms with Gasteiger partial charge in [0.05, 0.1) is 17.3 Å². The van der Waals surface area contributed by atoms with Crippen LogP contribution in [0.1, 0.15) is 39.2 Å². The number of carbonyl (C=O) groups is 2. The standard InChI is InChI=1S/C21H17BrFN3O2/c1-13(14-7-9-24-10-8-14)25-21(28)18-6-5-17(23)12-19(18)26-20(27)15-3-2-4-16(22)11-15/h2-13H,1H3,(H,25,28)(H,26,27). The van der Waals surface area contributed by atoms with E-state index in [0.29, 0.717) is 5.56 Å². The summed E-state index contributed by atoms with van der Waals surface area (Å²) in [5.41, 5.74) is 1.54. The van der Waals surface area contributed by atoms with E-state index in [1.54, 1.807) is 48.8 Å². The minimum Gasteiger partial charge on any atom is -0.345 e. The summed E-state index contributed by atoms with van der Waals surface area (Å²) >= 11 is 3.31. The Kier molecular flexibility index (Phi) is 6.16. The number of rotatable bonds is 5. The van der Waals surface area contributed by atoms with Crippen LogP contribution in [0.5, 0.6) is 0 Å². The maximum atomic E-state index is 13.8. The smallest absolute Gasteiger partial charge is 0.255 e. The zero-order valence-corrected chi connectivity index (χ0v) is 16.5. The van der Waals surface area contributed by atoms with Gasteiger partial charge in [-0.1, -0.05) is 22.0 Å². The number of benzene rings is 2. The molecule has 0 saturated carbocycles. The summed E-state index contributed by atoms with van der Waals surface area (Å²) in [4.78, 5) is 29.2. The van der Waals surface area contributed by atoms with Crippen LogP contribution in [0.4, 0.5) is 10.1 Å². The molecule has 2 amide bonds. The van der Waals surface area contributed by atoms with Crippen LogP contribution in [0.25, 0.3) is 0 Å². The summed E-state index contributed by atoms with van der Waals surface area (Å²) < 4.78 is 14.5. The van der Waals surface area contributed by atoms with Crippen LogP contribution in [-0.2, 0) is 0 Å². The molecular formula is C21H17BrFN3O2. The van der Waals surface area contributed by atoms with Gasteiger partial charge in [0.25, 0.3) is 11.8 Å². The van der Waals surface area contributed by atoms with E-state index in [1.807, 2.05) is 6.92 Å². The van der Waals surface area contributed by atoms with Crippen molar-refractivity contribution in [2.45, 2.75) is 13.0 Å². The number of halogens is 2. The summed E-state index contributed by atoms with van der Waals surface area (Å²) in [6, 6.07) is 13.7. The highest BCUT2D eigenvalue weighted by Gasteiger charge is 2.18. The van der Waals surface area contributed by atoms with Gasteiger partial charge in [-0.05, 0) is 61.0 Å². The Labute approximate surface area is 170 Å². The summed E-state index contributed by atoms with van der Waals surface area (Å²) in [7, 11) is 0. The molecule has 0 fully saturated rings. The molecule has 0 aliphatic carbocycles. The third kappa shape index (κ3) is 4.80. The number of nitrogens with one attached hydrogen (secondary N) is 2. The van der Waals surface area contributed by atoms with Crippen molar-refractivity contribution >= 4 is 33.4 Å². The molecule has 0 aliphatic heterocycles. The lowest BCUT2D eigenvalue weighted by Crippen LogP contribution is -2.28. The van der Waals surface area contributed by atoms with Crippen molar-refractivity contribution in [3.05, 3.63) is 94.0 Å². The van der Waals surface area contributed by atoms with E-state index < -0.39 is 17.6 Å². The lowest BCUT2D eigenvalue weighted by Gasteiger charge is -2.16. The molecule has 0 radical (unpaired) electrons. The second-order valence-corrected chi connectivity index (χ2v) is 7.05. The van der Waals surface area contributed by atoms with Crippen LogP contribution in [0.2, 0.25) is 0 Å². The first kappa shape index (κ1) is 19.7. The number of pyridine rings is 1. The number of anilines is 1.